The molecule has 1 heterocycles. The zero-order chi connectivity index (χ0) is 19.2. The number of nitrogens with zero attached hydrogens (tertiary/aromatic N) is 1. The molecule has 0 unspecified atom stereocenters. The fraction of sp³-hybridized carbons (Fsp3) is 0.0476. The Hall–Kier alpha value is -3.25. The number of hydrogen-bond acceptors (Lipinski definition) is 5. The minimum absolute atomic E-state index is 0.109. The molecule has 0 saturated carbocycles. The minimum atomic E-state index is -0.465. The third-order valence-electron chi connectivity index (χ3n) is 3.84. The van der Waals surface area contributed by atoms with E-state index in [2.05, 4.69) is 10.3 Å². The maximum Gasteiger partial charge on any atom is 0.152 e. The van der Waals surface area contributed by atoms with Gasteiger partial charge in [-0.3, -0.25) is 4.79 Å². The Labute approximate surface area is 159 Å². The first-order chi connectivity index (χ1) is 13.1. The summed E-state index contributed by atoms with van der Waals surface area (Å²) in [6.07, 6.45) is 0.495. The van der Waals surface area contributed by atoms with Crippen LogP contribution in [0.15, 0.2) is 66.7 Å². The van der Waals surface area contributed by atoms with Crippen LogP contribution in [0.25, 0.3) is 20.8 Å². The average Bonchev–Trinajstić information content (AvgIpc) is 3.12. The maximum absolute atomic E-state index is 12.4. The lowest BCUT2D eigenvalue weighted by molar-refractivity contribution is 0.112. The van der Waals surface area contributed by atoms with Crippen molar-refractivity contribution in [3.05, 3.63) is 78.1 Å². The first-order valence-electron chi connectivity index (χ1n) is 8.19. The zero-order valence-electron chi connectivity index (χ0n) is 14.5. The van der Waals surface area contributed by atoms with Crippen molar-refractivity contribution in [3.63, 3.8) is 0 Å². The van der Waals surface area contributed by atoms with Crippen LogP contribution in [0.3, 0.4) is 0 Å². The molecule has 0 radical (unpaired) electrons. The van der Waals surface area contributed by atoms with Crippen LogP contribution in [0.2, 0.25) is 0 Å². The highest BCUT2D eigenvalue weighted by Gasteiger charge is 2.10. The van der Waals surface area contributed by atoms with Crippen molar-refractivity contribution in [2.24, 2.45) is 0 Å². The molecule has 4 rings (SSSR count). The van der Waals surface area contributed by atoms with Crippen LogP contribution in [0.5, 0.6) is 5.75 Å². The number of aromatic hydroxyl groups is 1. The van der Waals surface area contributed by atoms with Gasteiger partial charge in [0.1, 0.15) is 16.6 Å². The summed E-state index contributed by atoms with van der Waals surface area (Å²) in [5.41, 5.74) is 2.74. The number of phenolic OH excluding ortho intramolecular Hbond substituents is 1. The molecular formula is C21H17FN2O2S. The SMILES string of the molecule is CNc1ccc(-c2nc3ccccc3s2)c(O)c1.O=Cc1ccccc1F. The van der Waals surface area contributed by atoms with Gasteiger partial charge in [-0.1, -0.05) is 24.3 Å². The van der Waals surface area contributed by atoms with Crippen molar-refractivity contribution in [2.45, 2.75) is 0 Å². The van der Waals surface area contributed by atoms with E-state index >= 15 is 0 Å². The fourth-order valence-electron chi connectivity index (χ4n) is 2.43. The van der Waals surface area contributed by atoms with Gasteiger partial charge < -0.3 is 10.4 Å². The smallest absolute Gasteiger partial charge is 0.152 e. The van der Waals surface area contributed by atoms with Crippen LogP contribution in [-0.2, 0) is 0 Å². The highest BCUT2D eigenvalue weighted by molar-refractivity contribution is 7.21. The van der Waals surface area contributed by atoms with Gasteiger partial charge in [0.05, 0.1) is 21.3 Å². The highest BCUT2D eigenvalue weighted by atomic mass is 32.1. The Bertz CT molecular complexity index is 1050. The molecule has 4 nitrogen and oxygen atoms in total. The molecule has 0 amide bonds. The number of carbonyl (C=O) groups excluding carboxylic acids is 1. The Balaban J connectivity index is 0.000000197. The zero-order valence-corrected chi connectivity index (χ0v) is 15.3. The number of aromatic nitrogens is 1. The van der Waals surface area contributed by atoms with Crippen LogP contribution in [0.1, 0.15) is 10.4 Å². The molecule has 6 heteroatoms. The van der Waals surface area contributed by atoms with Crippen molar-refractivity contribution >= 4 is 33.5 Å². The quantitative estimate of drug-likeness (QED) is 0.471. The van der Waals surface area contributed by atoms with Gasteiger partial charge in [0.25, 0.3) is 0 Å². The van der Waals surface area contributed by atoms with E-state index < -0.39 is 5.82 Å². The minimum Gasteiger partial charge on any atom is -0.507 e. The largest absolute Gasteiger partial charge is 0.507 e. The molecule has 0 atom stereocenters. The van der Waals surface area contributed by atoms with E-state index in [1.54, 1.807) is 29.5 Å². The third kappa shape index (κ3) is 4.30. The molecule has 1 aromatic heterocycles. The van der Waals surface area contributed by atoms with Crippen molar-refractivity contribution in [2.75, 3.05) is 12.4 Å². The van der Waals surface area contributed by atoms with Crippen LogP contribution < -0.4 is 5.32 Å². The summed E-state index contributed by atoms with van der Waals surface area (Å²) in [5.74, 6) is -0.214. The van der Waals surface area contributed by atoms with Crippen LogP contribution in [0.4, 0.5) is 10.1 Å². The van der Waals surface area contributed by atoms with E-state index in [9.17, 15) is 14.3 Å². The number of para-hydroxylation sites is 1. The second-order valence-corrected chi connectivity index (χ2v) is 6.64. The maximum atomic E-state index is 12.4. The standard InChI is InChI=1S/C14H12N2OS.C7H5FO/c1-15-9-6-7-10(12(17)8-9)14-16-11-4-2-3-5-13(11)18-14;8-7-4-2-1-3-6(7)5-9/h2-8,15,17H,1H3;1-5H. The van der Waals surface area contributed by atoms with E-state index in [0.717, 1.165) is 26.5 Å². The number of anilines is 1. The van der Waals surface area contributed by atoms with E-state index in [1.165, 1.54) is 12.1 Å². The van der Waals surface area contributed by atoms with Gasteiger partial charge in [0.2, 0.25) is 0 Å². The Morgan fingerprint density at radius 1 is 1.07 bits per heavy atom. The lowest BCUT2D eigenvalue weighted by atomic mass is 10.2. The number of halogens is 1. The van der Waals surface area contributed by atoms with Gasteiger partial charge >= 0.3 is 0 Å². The first-order valence-corrected chi connectivity index (χ1v) is 9.00. The number of thiazole rings is 1. The second-order valence-electron chi connectivity index (χ2n) is 5.61. The number of carbonyl (C=O) groups is 1. The van der Waals surface area contributed by atoms with Gasteiger partial charge in [-0.2, -0.15) is 0 Å². The predicted molar refractivity (Wildman–Crippen MR) is 108 cm³/mol. The second kappa shape index (κ2) is 8.42. The summed E-state index contributed by atoms with van der Waals surface area (Å²) in [7, 11) is 1.83. The van der Waals surface area contributed by atoms with Gasteiger partial charge in [-0.15, -0.1) is 11.3 Å². The summed E-state index contributed by atoms with van der Waals surface area (Å²) in [5, 5.41) is 13.9. The summed E-state index contributed by atoms with van der Waals surface area (Å²) in [6.45, 7) is 0. The van der Waals surface area contributed by atoms with Crippen molar-refractivity contribution in [1.82, 2.24) is 4.98 Å². The number of fused-ring (bicyclic) bond motifs is 1. The Kier molecular flexibility index (Phi) is 5.78. The molecule has 0 bridgehead atoms. The number of benzene rings is 3. The van der Waals surface area contributed by atoms with Crippen molar-refractivity contribution < 1.29 is 14.3 Å². The molecule has 2 N–H and O–H groups in total. The molecule has 0 aliphatic heterocycles. The number of aldehydes is 1. The third-order valence-corrected chi connectivity index (χ3v) is 4.91. The summed E-state index contributed by atoms with van der Waals surface area (Å²) >= 11 is 1.59. The molecule has 4 aromatic rings. The first kappa shape index (κ1) is 18.5. The Morgan fingerprint density at radius 2 is 1.81 bits per heavy atom. The van der Waals surface area contributed by atoms with Gasteiger partial charge in [-0.05, 0) is 36.4 Å². The number of hydrogen-bond donors (Lipinski definition) is 2. The molecule has 27 heavy (non-hydrogen) atoms. The number of rotatable bonds is 3. The van der Waals surface area contributed by atoms with Gasteiger partial charge in [-0.25, -0.2) is 9.37 Å². The topological polar surface area (TPSA) is 62.2 Å². The molecule has 136 valence electrons. The van der Waals surface area contributed by atoms with Gasteiger partial charge in [0, 0.05) is 18.8 Å². The summed E-state index contributed by atoms with van der Waals surface area (Å²) in [4.78, 5) is 14.5. The summed E-state index contributed by atoms with van der Waals surface area (Å²) < 4.78 is 13.5. The normalized spacial score (nSPS) is 10.1. The Morgan fingerprint density at radius 3 is 2.44 bits per heavy atom. The molecule has 0 aliphatic carbocycles. The lowest BCUT2D eigenvalue weighted by Crippen LogP contribution is -1.87. The van der Waals surface area contributed by atoms with E-state index in [0.29, 0.717) is 6.29 Å². The van der Waals surface area contributed by atoms with Crippen molar-refractivity contribution in [3.8, 4) is 16.3 Å². The number of phenols is 1. The monoisotopic (exact) mass is 380 g/mol. The van der Waals surface area contributed by atoms with Crippen molar-refractivity contribution in [1.29, 1.82) is 0 Å². The average molecular weight is 380 g/mol. The predicted octanol–water partition coefficient (Wildman–Crippen LogP) is 5.35. The molecule has 0 fully saturated rings. The van der Waals surface area contributed by atoms with Crippen LogP contribution in [-0.4, -0.2) is 23.4 Å². The molecule has 0 aliphatic rings. The lowest BCUT2D eigenvalue weighted by Gasteiger charge is -2.04. The molecule has 0 saturated heterocycles. The van der Waals surface area contributed by atoms with E-state index in [4.69, 9.17) is 0 Å². The fourth-order valence-corrected chi connectivity index (χ4v) is 3.43. The van der Waals surface area contributed by atoms with E-state index in [-0.39, 0.29) is 11.3 Å². The van der Waals surface area contributed by atoms with Crippen LogP contribution >= 0.6 is 11.3 Å². The molecule has 3 aromatic carbocycles. The summed E-state index contributed by atoms with van der Waals surface area (Å²) in [6, 6.07) is 19.4. The highest BCUT2D eigenvalue weighted by Crippen LogP contribution is 2.36. The van der Waals surface area contributed by atoms with Gasteiger partial charge in [0.15, 0.2) is 6.29 Å². The molecule has 0 spiro atoms. The number of nitrogens with one attached hydrogen (secondary N) is 1. The van der Waals surface area contributed by atoms with E-state index in [1.807, 2.05) is 43.4 Å². The van der Waals surface area contributed by atoms with Crippen LogP contribution in [0, 0.1) is 5.82 Å². The molecular weight excluding hydrogens is 363 g/mol.